The van der Waals surface area contributed by atoms with Gasteiger partial charge in [0.05, 0.1) is 12.2 Å². The van der Waals surface area contributed by atoms with Crippen molar-refractivity contribution in [3.63, 3.8) is 0 Å². The fourth-order valence-corrected chi connectivity index (χ4v) is 4.20. The van der Waals surface area contributed by atoms with Crippen LogP contribution in [0, 0.1) is 5.92 Å². The molecule has 2 saturated carbocycles. The highest BCUT2D eigenvalue weighted by Gasteiger charge is 2.26. The molecule has 24 heavy (non-hydrogen) atoms. The van der Waals surface area contributed by atoms with Crippen molar-refractivity contribution in [2.75, 3.05) is 0 Å². The van der Waals surface area contributed by atoms with Crippen molar-refractivity contribution in [3.05, 3.63) is 53.1 Å². The maximum absolute atomic E-state index is 9.81. The zero-order valence-electron chi connectivity index (χ0n) is 14.4. The van der Waals surface area contributed by atoms with Gasteiger partial charge >= 0.3 is 0 Å². The van der Waals surface area contributed by atoms with E-state index >= 15 is 0 Å². The molecule has 130 valence electrons. The Kier molecular flexibility index (Phi) is 5.42. The molecule has 0 aromatic heterocycles. The molecule has 0 bridgehead atoms. The van der Waals surface area contributed by atoms with Gasteiger partial charge in [-0.1, -0.05) is 42.4 Å². The Morgan fingerprint density at radius 1 is 1.00 bits per heavy atom. The predicted octanol–water partition coefficient (Wildman–Crippen LogP) is 4.05. The van der Waals surface area contributed by atoms with Gasteiger partial charge in [-0.15, -0.1) is 0 Å². The number of phenols is 1. The van der Waals surface area contributed by atoms with Crippen LogP contribution in [0.2, 0.25) is 0 Å². The number of benzene rings is 1. The van der Waals surface area contributed by atoms with Crippen LogP contribution < -0.4 is 0 Å². The van der Waals surface area contributed by atoms with Crippen LogP contribution in [0.1, 0.15) is 56.9 Å². The minimum absolute atomic E-state index is 0.317. The summed E-state index contributed by atoms with van der Waals surface area (Å²) in [5.41, 5.74) is 3.89. The zero-order chi connectivity index (χ0) is 17.1. The van der Waals surface area contributed by atoms with E-state index in [9.17, 15) is 15.3 Å². The molecule has 0 saturated heterocycles. The molecule has 0 radical (unpaired) electrons. The van der Waals surface area contributed by atoms with Crippen LogP contribution in [0.4, 0.5) is 0 Å². The molecule has 0 aliphatic heterocycles. The highest BCUT2D eigenvalue weighted by atomic mass is 16.3. The molecule has 2 aliphatic rings. The highest BCUT2D eigenvalue weighted by Crippen LogP contribution is 2.41. The van der Waals surface area contributed by atoms with Gasteiger partial charge in [-0.05, 0) is 68.1 Å². The lowest BCUT2D eigenvalue weighted by Crippen LogP contribution is -2.24. The van der Waals surface area contributed by atoms with Crippen LogP contribution in [0.15, 0.2) is 47.6 Å². The summed E-state index contributed by atoms with van der Waals surface area (Å²) < 4.78 is 0. The van der Waals surface area contributed by atoms with Gasteiger partial charge in [-0.2, -0.15) is 0 Å². The monoisotopic (exact) mass is 328 g/mol. The summed E-state index contributed by atoms with van der Waals surface area (Å²) >= 11 is 0. The van der Waals surface area contributed by atoms with E-state index in [1.54, 1.807) is 12.1 Å². The van der Waals surface area contributed by atoms with E-state index in [0.29, 0.717) is 36.8 Å². The molecule has 3 nitrogen and oxygen atoms in total. The predicted molar refractivity (Wildman–Crippen MR) is 95.9 cm³/mol. The van der Waals surface area contributed by atoms with E-state index < -0.39 is 12.2 Å². The van der Waals surface area contributed by atoms with Crippen molar-refractivity contribution < 1.29 is 15.3 Å². The summed E-state index contributed by atoms with van der Waals surface area (Å²) in [4.78, 5) is 0. The van der Waals surface area contributed by atoms with Crippen molar-refractivity contribution >= 4 is 0 Å². The third kappa shape index (κ3) is 4.08. The van der Waals surface area contributed by atoms with E-state index in [2.05, 4.69) is 19.1 Å². The van der Waals surface area contributed by atoms with E-state index in [1.165, 1.54) is 24.0 Å². The van der Waals surface area contributed by atoms with E-state index in [1.807, 2.05) is 12.1 Å². The first-order chi connectivity index (χ1) is 11.5. The summed E-state index contributed by atoms with van der Waals surface area (Å²) in [7, 11) is 0. The molecule has 2 fully saturated rings. The summed E-state index contributed by atoms with van der Waals surface area (Å²) in [6, 6.07) is 7.61. The molecule has 1 aromatic rings. The number of hydrogen-bond acceptors (Lipinski definition) is 3. The molecule has 0 amide bonds. The number of aliphatic hydroxyl groups is 2. The third-order valence-corrected chi connectivity index (χ3v) is 5.56. The summed E-state index contributed by atoms with van der Waals surface area (Å²) in [5, 5.41) is 29.1. The SMILES string of the molecule is C[C@H]1/C(=C/C=C2C[C@@H](O)C[C@H](O)C2)CCC[C@@H]1c1ccc(O)cc1. The van der Waals surface area contributed by atoms with Crippen LogP contribution in [-0.2, 0) is 0 Å². The molecule has 2 aliphatic carbocycles. The molecule has 0 heterocycles. The van der Waals surface area contributed by atoms with Crippen LogP contribution in [-0.4, -0.2) is 27.5 Å². The molecular formula is C21H28O3. The van der Waals surface area contributed by atoms with Crippen molar-refractivity contribution in [3.8, 4) is 5.75 Å². The second-order valence-electron chi connectivity index (χ2n) is 7.40. The van der Waals surface area contributed by atoms with Crippen LogP contribution >= 0.6 is 0 Å². The van der Waals surface area contributed by atoms with E-state index in [0.717, 1.165) is 12.0 Å². The van der Waals surface area contributed by atoms with Crippen molar-refractivity contribution in [1.29, 1.82) is 0 Å². The van der Waals surface area contributed by atoms with E-state index in [-0.39, 0.29) is 0 Å². The average molecular weight is 328 g/mol. The van der Waals surface area contributed by atoms with Gasteiger partial charge in [0.1, 0.15) is 5.75 Å². The molecule has 3 N–H and O–H groups in total. The number of aromatic hydroxyl groups is 1. The molecule has 3 heteroatoms. The summed E-state index contributed by atoms with van der Waals surface area (Å²) in [5.74, 6) is 1.28. The number of allylic oxidation sites excluding steroid dienone is 3. The Labute approximate surface area is 144 Å². The highest BCUT2D eigenvalue weighted by molar-refractivity contribution is 5.32. The van der Waals surface area contributed by atoms with Gasteiger partial charge in [0.15, 0.2) is 0 Å². The van der Waals surface area contributed by atoms with Gasteiger partial charge in [-0.25, -0.2) is 0 Å². The zero-order valence-corrected chi connectivity index (χ0v) is 14.4. The van der Waals surface area contributed by atoms with Gasteiger partial charge < -0.3 is 15.3 Å². The molecular weight excluding hydrogens is 300 g/mol. The van der Waals surface area contributed by atoms with Gasteiger partial charge in [-0.3, -0.25) is 0 Å². The lowest BCUT2D eigenvalue weighted by molar-refractivity contribution is 0.0609. The number of aliphatic hydroxyl groups excluding tert-OH is 2. The Balaban J connectivity index is 1.74. The van der Waals surface area contributed by atoms with Crippen molar-refractivity contribution in [2.24, 2.45) is 5.92 Å². The molecule has 4 atom stereocenters. The molecule has 3 rings (SSSR count). The quantitative estimate of drug-likeness (QED) is 0.767. The second kappa shape index (κ2) is 7.54. The van der Waals surface area contributed by atoms with E-state index in [4.69, 9.17) is 0 Å². The Morgan fingerprint density at radius 3 is 2.33 bits per heavy atom. The average Bonchev–Trinajstić information content (AvgIpc) is 2.54. The molecule has 0 spiro atoms. The summed E-state index contributed by atoms with van der Waals surface area (Å²) in [6.45, 7) is 2.28. The topological polar surface area (TPSA) is 60.7 Å². The Bertz CT molecular complexity index is 602. The molecule has 0 unspecified atom stereocenters. The van der Waals surface area contributed by atoms with Crippen molar-refractivity contribution in [2.45, 2.75) is 63.6 Å². The third-order valence-electron chi connectivity index (χ3n) is 5.56. The fraction of sp³-hybridized carbons (Fsp3) is 0.524. The van der Waals surface area contributed by atoms with Gasteiger partial charge in [0.2, 0.25) is 0 Å². The van der Waals surface area contributed by atoms with Crippen LogP contribution in [0.3, 0.4) is 0 Å². The lowest BCUT2D eigenvalue weighted by Gasteiger charge is -2.32. The van der Waals surface area contributed by atoms with Crippen LogP contribution in [0.5, 0.6) is 5.75 Å². The smallest absolute Gasteiger partial charge is 0.115 e. The number of hydrogen-bond donors (Lipinski definition) is 3. The first-order valence-corrected chi connectivity index (χ1v) is 9.06. The number of phenolic OH excluding ortho intramolecular Hbond substituents is 1. The Morgan fingerprint density at radius 2 is 1.67 bits per heavy atom. The van der Waals surface area contributed by atoms with Gasteiger partial charge in [0.25, 0.3) is 0 Å². The minimum atomic E-state index is -0.410. The fourth-order valence-electron chi connectivity index (χ4n) is 4.20. The molecule has 1 aromatic carbocycles. The number of rotatable bonds is 2. The first kappa shape index (κ1) is 17.2. The first-order valence-electron chi connectivity index (χ1n) is 9.06. The summed E-state index contributed by atoms with van der Waals surface area (Å²) in [6.07, 6.45) is 8.84. The van der Waals surface area contributed by atoms with Crippen LogP contribution in [0.25, 0.3) is 0 Å². The standard InChI is InChI=1S/C21H28O3/c1-14-16(6-5-15-11-19(23)13-20(24)12-15)3-2-4-21(14)17-7-9-18(22)10-8-17/h5-10,14,19-24H,2-4,11-13H2,1H3/b16-6+/t14-,19+,20+,21-/m0/s1. The van der Waals surface area contributed by atoms with Crippen molar-refractivity contribution in [1.82, 2.24) is 0 Å². The Hall–Kier alpha value is -1.58. The normalized spacial score (nSPS) is 32.8. The maximum Gasteiger partial charge on any atom is 0.115 e. The largest absolute Gasteiger partial charge is 0.508 e. The lowest BCUT2D eigenvalue weighted by atomic mass is 9.73. The maximum atomic E-state index is 9.81. The minimum Gasteiger partial charge on any atom is -0.508 e. The second-order valence-corrected chi connectivity index (χ2v) is 7.40. The van der Waals surface area contributed by atoms with Gasteiger partial charge in [0, 0.05) is 0 Å².